The highest BCUT2D eigenvalue weighted by Crippen LogP contribution is 2.61. The Balaban J connectivity index is 1.31. The predicted molar refractivity (Wildman–Crippen MR) is 137 cm³/mol. The molecule has 0 unspecified atom stereocenters. The van der Waals surface area contributed by atoms with Crippen LogP contribution in [0.4, 0.5) is 5.69 Å². The molecule has 3 aliphatic rings. The number of nitriles is 1. The van der Waals surface area contributed by atoms with Crippen LogP contribution >= 0.6 is 0 Å². The fraction of sp³-hybridized carbons (Fsp3) is 0.429. The molecule has 5 rings (SSSR count). The molecule has 10 heteroatoms. The molecular formula is C28H30N4O6. The molecule has 2 aromatic rings. The normalized spacial score (nSPS) is 21.9. The van der Waals surface area contributed by atoms with Gasteiger partial charge < -0.3 is 19.9 Å². The van der Waals surface area contributed by atoms with Crippen LogP contribution in [0.5, 0.6) is 5.75 Å². The summed E-state index contributed by atoms with van der Waals surface area (Å²) in [6, 6.07) is 12.5. The number of rotatable bonds is 9. The summed E-state index contributed by atoms with van der Waals surface area (Å²) < 4.78 is 11.1. The maximum Gasteiger partial charge on any atom is 0.303 e. The van der Waals surface area contributed by atoms with Gasteiger partial charge in [0.2, 0.25) is 5.91 Å². The predicted octanol–water partition coefficient (Wildman–Crippen LogP) is 2.62. The Kier molecular flexibility index (Phi) is 7.06. The Hall–Kier alpha value is -3.94. The van der Waals surface area contributed by atoms with Crippen LogP contribution in [-0.4, -0.2) is 60.8 Å². The van der Waals surface area contributed by atoms with Crippen LogP contribution in [0.2, 0.25) is 0 Å². The van der Waals surface area contributed by atoms with E-state index in [1.165, 1.54) is 0 Å². The lowest BCUT2D eigenvalue weighted by Gasteiger charge is -2.37. The average molecular weight is 519 g/mol. The van der Waals surface area contributed by atoms with Crippen molar-refractivity contribution in [3.05, 3.63) is 58.7 Å². The first-order chi connectivity index (χ1) is 18.3. The summed E-state index contributed by atoms with van der Waals surface area (Å²) in [4.78, 5) is 37.2. The van der Waals surface area contributed by atoms with Gasteiger partial charge in [0.25, 0.3) is 5.91 Å². The van der Waals surface area contributed by atoms with Gasteiger partial charge in [0.1, 0.15) is 5.75 Å². The Morgan fingerprint density at radius 2 is 2.05 bits per heavy atom. The lowest BCUT2D eigenvalue weighted by Crippen LogP contribution is -2.59. The summed E-state index contributed by atoms with van der Waals surface area (Å²) in [5, 5.41) is 23.1. The van der Waals surface area contributed by atoms with Gasteiger partial charge in [-0.05, 0) is 61.6 Å². The number of carbonyl (C=O) groups is 3. The molecule has 1 spiro atoms. The van der Waals surface area contributed by atoms with Crippen LogP contribution in [0.3, 0.4) is 0 Å². The molecule has 38 heavy (non-hydrogen) atoms. The lowest BCUT2D eigenvalue weighted by atomic mass is 9.86. The van der Waals surface area contributed by atoms with Crippen LogP contribution < -0.4 is 15.5 Å². The number of carboxylic acid groups (broad SMARTS) is 1. The van der Waals surface area contributed by atoms with Crippen molar-refractivity contribution in [3.63, 3.8) is 0 Å². The van der Waals surface area contributed by atoms with Crippen LogP contribution in [0.1, 0.15) is 52.7 Å². The van der Waals surface area contributed by atoms with Gasteiger partial charge in [0.05, 0.1) is 24.3 Å². The van der Waals surface area contributed by atoms with E-state index in [2.05, 4.69) is 16.8 Å². The molecule has 1 saturated heterocycles. The third kappa shape index (κ3) is 5.08. The fourth-order valence-electron chi connectivity index (χ4n) is 5.40. The number of nitrogens with one attached hydrogen (secondary N) is 2. The second-order valence-corrected chi connectivity index (χ2v) is 10.1. The second-order valence-electron chi connectivity index (χ2n) is 10.1. The van der Waals surface area contributed by atoms with Crippen molar-refractivity contribution < 1.29 is 29.0 Å². The van der Waals surface area contributed by atoms with E-state index in [0.717, 1.165) is 11.1 Å². The second kappa shape index (κ2) is 10.4. The molecule has 10 nitrogen and oxygen atoms in total. The summed E-state index contributed by atoms with van der Waals surface area (Å²) in [6.07, 6.45) is 2.34. The zero-order valence-electron chi connectivity index (χ0n) is 21.2. The van der Waals surface area contributed by atoms with Gasteiger partial charge in [-0.15, -0.1) is 0 Å². The number of ether oxygens (including phenoxy) is 2. The number of benzene rings is 2. The lowest BCUT2D eigenvalue weighted by molar-refractivity contribution is -0.137. The van der Waals surface area contributed by atoms with Gasteiger partial charge >= 0.3 is 5.97 Å². The van der Waals surface area contributed by atoms with E-state index < -0.39 is 11.4 Å². The third-order valence-electron chi connectivity index (χ3n) is 7.75. The molecule has 1 aliphatic carbocycles. The number of carbonyl (C=O) groups excluding carboxylic acids is 2. The van der Waals surface area contributed by atoms with Crippen molar-refractivity contribution in [3.8, 4) is 11.8 Å². The quantitative estimate of drug-likeness (QED) is 0.460. The number of methoxy groups -OCH3 is 1. The number of carboxylic acids is 1. The molecule has 2 aliphatic heterocycles. The highest BCUT2D eigenvalue weighted by molar-refractivity contribution is 5.98. The Morgan fingerprint density at radius 1 is 1.24 bits per heavy atom. The van der Waals surface area contributed by atoms with Gasteiger partial charge in [0.15, 0.2) is 0 Å². The molecule has 0 bridgehead atoms. The van der Waals surface area contributed by atoms with Crippen molar-refractivity contribution in [1.82, 2.24) is 10.4 Å². The molecule has 2 heterocycles. The van der Waals surface area contributed by atoms with Crippen molar-refractivity contribution in [2.75, 3.05) is 32.1 Å². The SMILES string of the molecule is COC1CN(NC(=O)c2ccc3c(c2)[C@]2(CCO3)C[C@H]2C(=O)Nc2cc(C#N)ccc2CCCC(=O)O)C1. The smallest absolute Gasteiger partial charge is 0.303 e. The summed E-state index contributed by atoms with van der Waals surface area (Å²) in [5.41, 5.74) is 5.58. The molecule has 0 aromatic heterocycles. The summed E-state index contributed by atoms with van der Waals surface area (Å²) in [6.45, 7) is 1.75. The molecule has 2 fully saturated rings. The van der Waals surface area contributed by atoms with Gasteiger partial charge in [-0.1, -0.05) is 6.07 Å². The average Bonchev–Trinajstić information content (AvgIpc) is 3.61. The van der Waals surface area contributed by atoms with Gasteiger partial charge in [-0.2, -0.15) is 5.26 Å². The molecule has 198 valence electrons. The molecule has 2 amide bonds. The first kappa shape index (κ1) is 25.7. The molecule has 0 radical (unpaired) electrons. The van der Waals surface area contributed by atoms with Crippen LogP contribution in [0.25, 0.3) is 0 Å². The molecular weight excluding hydrogens is 488 g/mol. The minimum absolute atomic E-state index is 0.0243. The minimum atomic E-state index is -0.876. The number of aryl methyl sites for hydroxylation is 1. The largest absolute Gasteiger partial charge is 0.493 e. The highest BCUT2D eigenvalue weighted by atomic mass is 16.5. The number of anilines is 1. The third-order valence-corrected chi connectivity index (χ3v) is 7.75. The van der Waals surface area contributed by atoms with Crippen LogP contribution in [0, 0.1) is 17.2 Å². The summed E-state index contributed by atoms with van der Waals surface area (Å²) >= 11 is 0. The Morgan fingerprint density at radius 3 is 2.79 bits per heavy atom. The van der Waals surface area contributed by atoms with Gasteiger partial charge in [-0.3, -0.25) is 19.8 Å². The fourth-order valence-corrected chi connectivity index (χ4v) is 5.40. The highest BCUT2D eigenvalue weighted by Gasteiger charge is 2.61. The number of hydrazine groups is 1. The molecule has 3 N–H and O–H groups in total. The summed E-state index contributed by atoms with van der Waals surface area (Å²) in [5.74, 6) is -0.872. The van der Waals surface area contributed by atoms with Crippen molar-refractivity contribution in [1.29, 1.82) is 5.26 Å². The van der Waals surface area contributed by atoms with E-state index in [0.29, 0.717) is 67.9 Å². The van der Waals surface area contributed by atoms with E-state index in [4.69, 9.17) is 14.6 Å². The van der Waals surface area contributed by atoms with E-state index in [1.54, 1.807) is 42.5 Å². The van der Waals surface area contributed by atoms with Crippen molar-refractivity contribution in [2.24, 2.45) is 5.92 Å². The first-order valence-corrected chi connectivity index (χ1v) is 12.7. The maximum atomic E-state index is 13.4. The number of hydrogen-bond acceptors (Lipinski definition) is 7. The first-order valence-electron chi connectivity index (χ1n) is 12.7. The number of amides is 2. The van der Waals surface area contributed by atoms with Crippen molar-refractivity contribution in [2.45, 2.75) is 43.6 Å². The van der Waals surface area contributed by atoms with Crippen LogP contribution in [0.15, 0.2) is 36.4 Å². The van der Waals surface area contributed by atoms with E-state index >= 15 is 0 Å². The Labute approximate surface area is 220 Å². The van der Waals surface area contributed by atoms with Gasteiger partial charge in [0, 0.05) is 54.8 Å². The minimum Gasteiger partial charge on any atom is -0.493 e. The number of fused-ring (bicyclic) bond motifs is 2. The van der Waals surface area contributed by atoms with Crippen LogP contribution in [-0.2, 0) is 26.2 Å². The van der Waals surface area contributed by atoms with Crippen molar-refractivity contribution >= 4 is 23.5 Å². The summed E-state index contributed by atoms with van der Waals surface area (Å²) in [7, 11) is 1.65. The van der Waals surface area contributed by atoms with E-state index in [9.17, 15) is 19.6 Å². The zero-order valence-corrected chi connectivity index (χ0v) is 21.2. The Bertz CT molecular complexity index is 1310. The molecule has 1 saturated carbocycles. The topological polar surface area (TPSA) is 141 Å². The number of hydrogen-bond donors (Lipinski definition) is 3. The van der Waals surface area contributed by atoms with E-state index in [1.807, 2.05) is 6.07 Å². The van der Waals surface area contributed by atoms with E-state index in [-0.39, 0.29) is 30.3 Å². The number of aliphatic carboxylic acids is 1. The standard InChI is InChI=1S/C28H30N4O6/c1-37-20-15-32(16-20)31-26(35)19-7-8-24-21(12-19)28(9-10-38-24)13-22(28)27(36)30-23-11-17(14-29)5-6-18(23)3-2-4-25(33)34/h5-8,11-12,20,22H,2-4,9-10,13,15-16H2,1H3,(H,30,36)(H,31,35)(H,33,34)/t22-,28-/m0/s1. The number of nitrogens with zero attached hydrogens (tertiary/aromatic N) is 2. The maximum absolute atomic E-state index is 13.4. The monoisotopic (exact) mass is 518 g/mol. The molecule has 2 atom stereocenters. The zero-order chi connectivity index (χ0) is 26.9. The van der Waals surface area contributed by atoms with Gasteiger partial charge in [-0.25, -0.2) is 5.01 Å². The molecule has 2 aromatic carbocycles.